The molecular formula is C12H27NO3. The van der Waals surface area contributed by atoms with E-state index >= 15 is 0 Å². The highest BCUT2D eigenvalue weighted by Crippen LogP contribution is 2.07. The van der Waals surface area contributed by atoms with Crippen LogP contribution in [0.3, 0.4) is 0 Å². The Kier molecular flexibility index (Phi) is 7.15. The first-order valence-corrected chi connectivity index (χ1v) is 5.94. The molecule has 0 aromatic carbocycles. The maximum atomic E-state index is 9.65. The van der Waals surface area contributed by atoms with E-state index in [4.69, 9.17) is 4.74 Å². The van der Waals surface area contributed by atoms with Gasteiger partial charge in [-0.25, -0.2) is 0 Å². The van der Waals surface area contributed by atoms with Gasteiger partial charge in [0, 0.05) is 12.6 Å². The first-order valence-electron chi connectivity index (χ1n) is 5.94. The number of hydrogen-bond acceptors (Lipinski definition) is 4. The van der Waals surface area contributed by atoms with Crippen LogP contribution in [0.25, 0.3) is 0 Å². The summed E-state index contributed by atoms with van der Waals surface area (Å²) >= 11 is 0. The average Bonchev–Trinajstić information content (AvgIpc) is 2.09. The molecule has 0 fully saturated rings. The SMILES string of the molecule is CC(O)CC(C)NCC(O)COC(C)(C)C. The Bertz CT molecular complexity index is 178. The summed E-state index contributed by atoms with van der Waals surface area (Å²) in [6.07, 6.45) is -0.131. The van der Waals surface area contributed by atoms with Crippen LogP contribution < -0.4 is 5.32 Å². The van der Waals surface area contributed by atoms with Crippen LogP contribution in [0.1, 0.15) is 41.0 Å². The molecule has 3 atom stereocenters. The topological polar surface area (TPSA) is 61.7 Å². The lowest BCUT2D eigenvalue weighted by Gasteiger charge is -2.23. The monoisotopic (exact) mass is 233 g/mol. The number of rotatable bonds is 7. The number of aliphatic hydroxyl groups excluding tert-OH is 2. The molecule has 0 aliphatic carbocycles. The lowest BCUT2D eigenvalue weighted by atomic mass is 10.1. The van der Waals surface area contributed by atoms with Gasteiger partial charge in [-0.05, 0) is 41.0 Å². The molecule has 0 radical (unpaired) electrons. The second-order valence-electron chi connectivity index (χ2n) is 5.47. The van der Waals surface area contributed by atoms with Crippen LogP contribution in [-0.2, 0) is 4.74 Å². The van der Waals surface area contributed by atoms with E-state index in [2.05, 4.69) is 5.32 Å². The maximum Gasteiger partial charge on any atom is 0.0898 e. The average molecular weight is 233 g/mol. The first kappa shape index (κ1) is 15.8. The largest absolute Gasteiger partial charge is 0.393 e. The minimum Gasteiger partial charge on any atom is -0.393 e. The zero-order valence-electron chi connectivity index (χ0n) is 11.2. The smallest absolute Gasteiger partial charge is 0.0898 e. The third kappa shape index (κ3) is 10.4. The molecule has 3 unspecified atom stereocenters. The summed E-state index contributed by atoms with van der Waals surface area (Å²) in [5, 5.41) is 22.0. The number of aliphatic hydroxyl groups is 2. The van der Waals surface area contributed by atoms with Gasteiger partial charge in [0.2, 0.25) is 0 Å². The van der Waals surface area contributed by atoms with E-state index in [1.54, 1.807) is 6.92 Å². The number of ether oxygens (including phenoxy) is 1. The Morgan fingerprint density at radius 3 is 2.19 bits per heavy atom. The standard InChI is InChI=1S/C12H27NO3/c1-9(6-10(2)14)13-7-11(15)8-16-12(3,4)5/h9-11,13-15H,6-8H2,1-5H3. The molecule has 0 saturated carbocycles. The van der Waals surface area contributed by atoms with Crippen molar-refractivity contribution in [3.8, 4) is 0 Å². The van der Waals surface area contributed by atoms with Crippen LogP contribution in [0, 0.1) is 0 Å². The van der Waals surface area contributed by atoms with Crippen LogP contribution in [0.5, 0.6) is 0 Å². The van der Waals surface area contributed by atoms with E-state index in [0.29, 0.717) is 19.6 Å². The Labute approximate surface area is 99.0 Å². The van der Waals surface area contributed by atoms with Crippen LogP contribution in [0.2, 0.25) is 0 Å². The van der Waals surface area contributed by atoms with E-state index in [1.165, 1.54) is 0 Å². The van der Waals surface area contributed by atoms with Crippen molar-refractivity contribution in [3.63, 3.8) is 0 Å². The highest BCUT2D eigenvalue weighted by atomic mass is 16.5. The third-order valence-corrected chi connectivity index (χ3v) is 2.11. The predicted molar refractivity (Wildman–Crippen MR) is 65.5 cm³/mol. The van der Waals surface area contributed by atoms with Crippen molar-refractivity contribution < 1.29 is 14.9 Å². The van der Waals surface area contributed by atoms with Crippen molar-refractivity contribution in [2.24, 2.45) is 0 Å². The molecular weight excluding hydrogens is 206 g/mol. The van der Waals surface area contributed by atoms with Crippen molar-refractivity contribution in [3.05, 3.63) is 0 Å². The molecule has 0 amide bonds. The van der Waals surface area contributed by atoms with Crippen LogP contribution >= 0.6 is 0 Å². The van der Waals surface area contributed by atoms with Gasteiger partial charge in [-0.1, -0.05) is 0 Å². The van der Waals surface area contributed by atoms with Gasteiger partial charge in [0.15, 0.2) is 0 Å². The molecule has 0 aliphatic rings. The normalized spacial score (nSPS) is 18.2. The molecule has 3 N–H and O–H groups in total. The van der Waals surface area contributed by atoms with Crippen molar-refractivity contribution >= 4 is 0 Å². The maximum absolute atomic E-state index is 9.65. The Balaban J connectivity index is 3.61. The summed E-state index contributed by atoms with van der Waals surface area (Å²) in [5.41, 5.74) is -0.216. The summed E-state index contributed by atoms with van der Waals surface area (Å²) < 4.78 is 5.47. The van der Waals surface area contributed by atoms with Gasteiger partial charge >= 0.3 is 0 Å². The molecule has 0 bridgehead atoms. The van der Waals surface area contributed by atoms with Crippen molar-refractivity contribution in [2.75, 3.05) is 13.2 Å². The van der Waals surface area contributed by atoms with E-state index in [9.17, 15) is 10.2 Å². The van der Waals surface area contributed by atoms with E-state index in [-0.39, 0.29) is 17.7 Å². The van der Waals surface area contributed by atoms with E-state index < -0.39 is 6.10 Å². The fourth-order valence-electron chi connectivity index (χ4n) is 1.34. The van der Waals surface area contributed by atoms with Gasteiger partial charge in [0.05, 0.1) is 24.4 Å². The van der Waals surface area contributed by atoms with Gasteiger partial charge in [-0.3, -0.25) is 0 Å². The van der Waals surface area contributed by atoms with Gasteiger partial charge in [-0.2, -0.15) is 0 Å². The van der Waals surface area contributed by atoms with E-state index in [1.807, 2.05) is 27.7 Å². The molecule has 4 heteroatoms. The highest BCUT2D eigenvalue weighted by molar-refractivity contribution is 4.68. The Morgan fingerprint density at radius 2 is 1.75 bits per heavy atom. The Morgan fingerprint density at radius 1 is 1.19 bits per heavy atom. The van der Waals surface area contributed by atoms with Gasteiger partial charge < -0.3 is 20.3 Å². The highest BCUT2D eigenvalue weighted by Gasteiger charge is 2.14. The summed E-state index contributed by atoms with van der Waals surface area (Å²) in [6, 6.07) is 0.198. The quantitative estimate of drug-likeness (QED) is 0.612. The molecule has 0 rings (SSSR count). The zero-order chi connectivity index (χ0) is 12.8. The molecule has 0 aromatic heterocycles. The van der Waals surface area contributed by atoms with Gasteiger partial charge in [0.1, 0.15) is 0 Å². The first-order chi connectivity index (χ1) is 7.20. The van der Waals surface area contributed by atoms with Crippen molar-refractivity contribution in [1.82, 2.24) is 5.32 Å². The minimum absolute atomic E-state index is 0.198. The number of hydrogen-bond donors (Lipinski definition) is 3. The summed E-state index contributed by atoms with van der Waals surface area (Å²) in [5.74, 6) is 0. The number of nitrogens with one attached hydrogen (secondary N) is 1. The zero-order valence-corrected chi connectivity index (χ0v) is 11.2. The summed E-state index contributed by atoms with van der Waals surface area (Å²) in [7, 11) is 0. The lowest BCUT2D eigenvalue weighted by molar-refractivity contribution is -0.0484. The Hall–Kier alpha value is -0.160. The van der Waals surface area contributed by atoms with Crippen LogP contribution in [-0.4, -0.2) is 47.2 Å². The van der Waals surface area contributed by atoms with Crippen molar-refractivity contribution in [2.45, 2.75) is 64.9 Å². The molecule has 0 aromatic rings. The fraction of sp³-hybridized carbons (Fsp3) is 1.00. The summed E-state index contributed by atoms with van der Waals surface area (Å²) in [4.78, 5) is 0. The molecule has 4 nitrogen and oxygen atoms in total. The molecule has 16 heavy (non-hydrogen) atoms. The molecule has 0 heterocycles. The van der Waals surface area contributed by atoms with E-state index in [0.717, 1.165) is 0 Å². The molecule has 0 saturated heterocycles. The lowest BCUT2D eigenvalue weighted by Crippen LogP contribution is -2.38. The van der Waals surface area contributed by atoms with Crippen molar-refractivity contribution in [1.29, 1.82) is 0 Å². The molecule has 98 valence electrons. The second kappa shape index (κ2) is 7.22. The van der Waals surface area contributed by atoms with Gasteiger partial charge in [0.25, 0.3) is 0 Å². The fourth-order valence-corrected chi connectivity index (χ4v) is 1.34. The molecule has 0 spiro atoms. The molecule has 0 aliphatic heterocycles. The van der Waals surface area contributed by atoms with Crippen LogP contribution in [0.4, 0.5) is 0 Å². The minimum atomic E-state index is -0.504. The summed E-state index contributed by atoms with van der Waals surface area (Å²) in [6.45, 7) is 10.5. The van der Waals surface area contributed by atoms with Crippen LogP contribution in [0.15, 0.2) is 0 Å². The third-order valence-electron chi connectivity index (χ3n) is 2.11. The second-order valence-corrected chi connectivity index (χ2v) is 5.47. The predicted octanol–water partition coefficient (Wildman–Crippen LogP) is 0.911. The van der Waals surface area contributed by atoms with Gasteiger partial charge in [-0.15, -0.1) is 0 Å².